The first-order valence-corrected chi connectivity index (χ1v) is 17.5. The molecule has 263 valence electrons. The van der Waals surface area contributed by atoms with Gasteiger partial charge in [-0.15, -0.1) is 29.1 Å². The second-order valence-corrected chi connectivity index (χ2v) is 14.1. The number of hydrogen-bond acceptors (Lipinski definition) is 6. The monoisotopic (exact) mass is 839 g/mol. The fourth-order valence-corrected chi connectivity index (χ4v) is 6.14. The third-order valence-electron chi connectivity index (χ3n) is 9.00. The van der Waals surface area contributed by atoms with Gasteiger partial charge in [0.2, 0.25) is 0 Å². The van der Waals surface area contributed by atoms with E-state index in [2.05, 4.69) is 87.1 Å². The Balaban J connectivity index is 0.000000347. The zero-order valence-corrected chi connectivity index (χ0v) is 33.0. The molecule has 3 aromatic heterocycles. The molecule has 0 atom stereocenters. The summed E-state index contributed by atoms with van der Waals surface area (Å²) < 4.78 is 5.86. The number of aliphatic hydroxyl groups is 1. The van der Waals surface area contributed by atoms with Crippen molar-refractivity contribution in [3.63, 3.8) is 0 Å². The molecule has 6 nitrogen and oxygen atoms in total. The number of furan rings is 1. The number of aromatic nitrogens is 3. The Morgan fingerprint density at radius 1 is 0.918 bits per heavy atom. The maximum absolute atomic E-state index is 11.7. The van der Waals surface area contributed by atoms with Gasteiger partial charge < -0.3 is 9.52 Å². The fraction of sp³-hybridized carbons (Fsp3) is 0.429. The third-order valence-corrected chi connectivity index (χ3v) is 9.00. The normalized spacial score (nSPS) is 12.0. The molecule has 3 heterocycles. The summed E-state index contributed by atoms with van der Waals surface area (Å²) in [6.45, 7) is 19.2. The molecule has 0 fully saturated rings. The molecular weight excluding hydrogens is 787 g/mol. The van der Waals surface area contributed by atoms with Crippen LogP contribution in [0.5, 0.6) is 0 Å². The van der Waals surface area contributed by atoms with Crippen molar-refractivity contribution in [3.8, 4) is 22.5 Å². The van der Waals surface area contributed by atoms with Gasteiger partial charge in [-0.2, -0.15) is 0 Å². The summed E-state index contributed by atoms with van der Waals surface area (Å²) in [5, 5.41) is 12.1. The van der Waals surface area contributed by atoms with Crippen molar-refractivity contribution in [1.29, 1.82) is 0 Å². The van der Waals surface area contributed by atoms with Crippen molar-refractivity contribution in [3.05, 3.63) is 90.3 Å². The number of aliphatic hydroxyl groups excluding tert-OH is 1. The van der Waals surface area contributed by atoms with Crippen LogP contribution in [0.25, 0.3) is 44.4 Å². The topological polar surface area (TPSA) is 89.1 Å². The van der Waals surface area contributed by atoms with Crippen LogP contribution in [-0.2, 0) is 36.7 Å². The number of hydrogen-bond donors (Lipinski definition) is 1. The number of benzene rings is 2. The Bertz CT molecular complexity index is 1860. The number of fused-ring (bicyclic) bond motifs is 2. The first-order chi connectivity index (χ1) is 22.9. The van der Waals surface area contributed by atoms with Gasteiger partial charge in [0, 0.05) is 49.9 Å². The van der Waals surface area contributed by atoms with Crippen LogP contribution in [0.3, 0.4) is 0 Å². The third kappa shape index (κ3) is 9.95. The van der Waals surface area contributed by atoms with Gasteiger partial charge in [0.15, 0.2) is 11.4 Å². The van der Waals surface area contributed by atoms with Crippen LogP contribution in [0.4, 0.5) is 0 Å². The number of pyridine rings is 1. The Kier molecular flexibility index (Phi) is 14.5. The minimum absolute atomic E-state index is 0. The molecule has 1 radical (unpaired) electrons. The number of carbonyl (C=O) groups excluding carboxylic acids is 1. The van der Waals surface area contributed by atoms with Gasteiger partial charge in [-0.05, 0) is 61.1 Å². The first kappa shape index (κ1) is 39.8. The van der Waals surface area contributed by atoms with Crippen molar-refractivity contribution in [2.24, 2.45) is 17.8 Å². The molecule has 0 spiro atoms. The number of nitrogens with zero attached hydrogens (tertiary/aromatic N) is 3. The minimum atomic E-state index is -0.00229. The smallest absolute Gasteiger partial charge is 0.162 e. The maximum atomic E-state index is 11.7. The van der Waals surface area contributed by atoms with Crippen molar-refractivity contribution in [2.45, 2.75) is 99.8 Å². The fourth-order valence-electron chi connectivity index (χ4n) is 6.14. The summed E-state index contributed by atoms with van der Waals surface area (Å²) in [7, 11) is 0. The van der Waals surface area contributed by atoms with Gasteiger partial charge in [-0.1, -0.05) is 91.5 Å². The molecule has 5 rings (SSSR count). The van der Waals surface area contributed by atoms with Crippen LogP contribution in [-0.4, -0.2) is 25.8 Å². The summed E-state index contributed by atoms with van der Waals surface area (Å²) in [4.78, 5) is 25.5. The van der Waals surface area contributed by atoms with Crippen molar-refractivity contribution < 1.29 is 34.4 Å². The summed E-state index contributed by atoms with van der Waals surface area (Å²) >= 11 is 0. The predicted molar refractivity (Wildman–Crippen MR) is 198 cm³/mol. The van der Waals surface area contributed by atoms with Crippen molar-refractivity contribution >= 4 is 27.7 Å². The molecule has 0 bridgehead atoms. The quantitative estimate of drug-likeness (QED) is 0.0810. The average Bonchev–Trinajstić information content (AvgIpc) is 3.48. The van der Waals surface area contributed by atoms with Crippen LogP contribution >= 0.6 is 0 Å². The van der Waals surface area contributed by atoms with E-state index in [1.807, 2.05) is 40.0 Å². The Morgan fingerprint density at radius 2 is 1.57 bits per heavy atom. The van der Waals surface area contributed by atoms with Gasteiger partial charge in [-0.3, -0.25) is 14.8 Å². The number of ketones is 1. The summed E-state index contributed by atoms with van der Waals surface area (Å²) in [5.74, 6) is 1.12. The van der Waals surface area contributed by atoms with Crippen LogP contribution in [0.1, 0.15) is 99.1 Å². The molecule has 0 unspecified atom stereocenters. The molecule has 5 aromatic rings. The SMILES string of the molecule is CC(C)Cc1cnc2c(-c3cc(-c4[c-]c5ccccc5c(C(C)(C)C)c4)ncn3)coc2c1.CCC(CC)C(=O)/C=C(\O)C(CC)CC.[Ir]. The largest absolute Gasteiger partial charge is 0.512 e. The van der Waals surface area contributed by atoms with Gasteiger partial charge in [0.1, 0.15) is 18.1 Å². The molecule has 0 aliphatic rings. The average molecular weight is 839 g/mol. The van der Waals surface area contributed by atoms with Crippen LogP contribution < -0.4 is 0 Å². The second-order valence-electron chi connectivity index (χ2n) is 14.1. The first-order valence-electron chi connectivity index (χ1n) is 17.5. The Hall–Kier alpha value is -3.67. The molecule has 0 aliphatic carbocycles. The van der Waals surface area contributed by atoms with E-state index in [0.717, 1.165) is 71.1 Å². The maximum Gasteiger partial charge on any atom is 0.162 e. The van der Waals surface area contributed by atoms with Crippen molar-refractivity contribution in [1.82, 2.24) is 15.0 Å². The number of rotatable bonds is 11. The molecular formula is C42H52IrN3O3-. The molecule has 1 N–H and O–H groups in total. The number of carbonyl (C=O) groups is 1. The van der Waals surface area contributed by atoms with Crippen LogP contribution in [0.15, 0.2) is 77.5 Å². The van der Waals surface area contributed by atoms with E-state index < -0.39 is 0 Å². The zero-order chi connectivity index (χ0) is 35.0. The standard InChI is InChI=1S/C29H28N3O.C13H24O2.Ir/c1-18(2)10-19-11-27-28(30-15-19)23(16-33-27)26-14-25(31-17-32-26)21-12-20-8-6-7-9-22(20)24(13-21)29(3,4)5;1-5-10(6-2)12(14)9-13(15)11(7-3)8-4;/h6-9,11,13-18H,10H2,1-5H3;9-11,14H,5-8H2,1-4H3;/q-1;;/b;12-9-;. The van der Waals surface area contributed by atoms with E-state index in [-0.39, 0.29) is 48.9 Å². The predicted octanol–water partition coefficient (Wildman–Crippen LogP) is 11.3. The van der Waals surface area contributed by atoms with Gasteiger partial charge in [0.25, 0.3) is 0 Å². The van der Waals surface area contributed by atoms with E-state index in [1.54, 1.807) is 12.6 Å². The summed E-state index contributed by atoms with van der Waals surface area (Å²) in [6, 6.07) is 18.3. The van der Waals surface area contributed by atoms with Crippen LogP contribution in [0, 0.1) is 23.8 Å². The van der Waals surface area contributed by atoms with E-state index in [4.69, 9.17) is 9.40 Å². The van der Waals surface area contributed by atoms with Crippen LogP contribution in [0.2, 0.25) is 0 Å². The minimum Gasteiger partial charge on any atom is -0.512 e. The Morgan fingerprint density at radius 3 is 2.20 bits per heavy atom. The van der Waals surface area contributed by atoms with Gasteiger partial charge >= 0.3 is 0 Å². The molecule has 0 saturated heterocycles. The molecule has 2 aromatic carbocycles. The zero-order valence-electron chi connectivity index (χ0n) is 30.6. The number of allylic oxidation sites excluding steroid dienone is 2. The molecule has 0 amide bonds. The van der Waals surface area contributed by atoms with E-state index in [9.17, 15) is 9.90 Å². The van der Waals surface area contributed by atoms with E-state index >= 15 is 0 Å². The molecule has 0 aliphatic heterocycles. The summed E-state index contributed by atoms with van der Waals surface area (Å²) in [5.41, 5.74) is 7.54. The van der Waals surface area contributed by atoms with E-state index in [0.29, 0.717) is 5.92 Å². The Labute approximate surface area is 306 Å². The molecule has 49 heavy (non-hydrogen) atoms. The van der Waals surface area contributed by atoms with Gasteiger partial charge in [-0.25, -0.2) is 4.98 Å². The second kappa shape index (κ2) is 17.8. The molecule has 7 heteroatoms. The van der Waals surface area contributed by atoms with Gasteiger partial charge in [0.05, 0.1) is 17.0 Å². The summed E-state index contributed by atoms with van der Waals surface area (Å²) in [6.07, 6.45) is 11.2. The molecule has 0 saturated carbocycles. The van der Waals surface area contributed by atoms with Crippen molar-refractivity contribution in [2.75, 3.05) is 0 Å². The van der Waals surface area contributed by atoms with E-state index in [1.165, 1.54) is 22.6 Å².